The third kappa shape index (κ3) is 6.74. The Hall–Kier alpha value is -1.17. The minimum Gasteiger partial charge on any atom is -0.508 e. The van der Waals surface area contributed by atoms with Gasteiger partial charge in [-0.1, -0.05) is 6.42 Å². The molecule has 2 aliphatic rings. The first-order chi connectivity index (χ1) is 12.5. The van der Waals surface area contributed by atoms with Gasteiger partial charge in [-0.3, -0.25) is 4.79 Å². The van der Waals surface area contributed by atoms with Crippen molar-refractivity contribution in [1.82, 2.24) is 5.06 Å². The summed E-state index contributed by atoms with van der Waals surface area (Å²) in [6.07, 6.45) is 10.0. The van der Waals surface area contributed by atoms with Crippen LogP contribution in [-0.2, 0) is 9.53 Å². The van der Waals surface area contributed by atoms with E-state index >= 15 is 0 Å². The van der Waals surface area contributed by atoms with Gasteiger partial charge in [0.2, 0.25) is 0 Å². The van der Waals surface area contributed by atoms with Crippen molar-refractivity contribution in [1.29, 1.82) is 0 Å². The Balaban J connectivity index is 1.66. The molecule has 0 radical (unpaired) electrons. The first-order valence-electron chi connectivity index (χ1n) is 10.3. The number of carbonyl (C=O) groups excluding carboxylic acids is 1. The minimum atomic E-state index is -0.299. The molecule has 0 amide bonds. The Bertz CT molecular complexity index is 567. The van der Waals surface area contributed by atoms with E-state index in [2.05, 4.69) is 6.92 Å². The lowest BCUT2D eigenvalue weighted by atomic mass is 9.80. The second kappa shape index (κ2) is 8.89. The van der Waals surface area contributed by atoms with E-state index in [4.69, 9.17) is 4.74 Å². The number of carbonyl (C=O) groups is 1. The van der Waals surface area contributed by atoms with Crippen molar-refractivity contribution in [3.05, 3.63) is 23.5 Å². The van der Waals surface area contributed by atoms with Crippen molar-refractivity contribution >= 4 is 5.78 Å². The average molecular weight is 380 g/mol. The fraction of sp³-hybridized carbons (Fsp3) is 0.773. The number of ketones is 1. The van der Waals surface area contributed by atoms with Crippen LogP contribution in [-0.4, -0.2) is 44.4 Å². The lowest BCUT2D eigenvalue weighted by Crippen LogP contribution is -2.60. The van der Waals surface area contributed by atoms with E-state index < -0.39 is 0 Å². The van der Waals surface area contributed by atoms with Gasteiger partial charge in [0.05, 0.1) is 12.2 Å². The van der Waals surface area contributed by atoms with E-state index in [1.165, 1.54) is 17.2 Å². The molecule has 27 heavy (non-hydrogen) atoms. The monoisotopic (exact) mass is 379 g/mol. The van der Waals surface area contributed by atoms with Crippen molar-refractivity contribution in [2.45, 2.75) is 109 Å². The highest BCUT2D eigenvalue weighted by Gasteiger charge is 2.45. The molecule has 2 fully saturated rings. The molecule has 1 aliphatic heterocycles. The summed E-state index contributed by atoms with van der Waals surface area (Å²) in [4.78, 5) is 11.8. The van der Waals surface area contributed by atoms with E-state index in [0.717, 1.165) is 50.5 Å². The van der Waals surface area contributed by atoms with Gasteiger partial charge in [-0.05, 0) is 90.9 Å². The quantitative estimate of drug-likeness (QED) is 0.331. The molecule has 1 heterocycles. The summed E-state index contributed by atoms with van der Waals surface area (Å²) in [7, 11) is 0. The summed E-state index contributed by atoms with van der Waals surface area (Å²) in [6.45, 7) is 10.3. The van der Waals surface area contributed by atoms with Crippen LogP contribution in [0.4, 0.5) is 0 Å². The zero-order valence-corrected chi connectivity index (χ0v) is 17.6. The summed E-state index contributed by atoms with van der Waals surface area (Å²) in [5, 5.41) is 21.5. The second-order valence-electron chi connectivity index (χ2n) is 9.45. The summed E-state index contributed by atoms with van der Waals surface area (Å²) in [6, 6.07) is 0. The van der Waals surface area contributed by atoms with Crippen LogP contribution in [0.3, 0.4) is 0 Å². The highest BCUT2D eigenvalue weighted by Crippen LogP contribution is 2.38. The molecule has 1 unspecified atom stereocenters. The number of hydroxylamine groups is 2. The van der Waals surface area contributed by atoms with Gasteiger partial charge in [-0.2, -0.15) is 5.06 Å². The minimum absolute atomic E-state index is 0.0650. The highest BCUT2D eigenvalue weighted by atomic mass is 16.5. The number of aliphatic hydroxyl groups excluding tert-OH is 1. The number of hydrogen-bond acceptors (Lipinski definition) is 5. The summed E-state index contributed by atoms with van der Waals surface area (Å²) < 4.78 is 6.25. The number of aliphatic hydroxyl groups is 1. The molecule has 1 aliphatic carbocycles. The molecule has 1 saturated heterocycles. The van der Waals surface area contributed by atoms with Crippen LogP contribution in [0.25, 0.3) is 0 Å². The fourth-order valence-electron chi connectivity index (χ4n) is 4.09. The average Bonchev–Trinajstić information content (AvgIpc) is 3.38. The van der Waals surface area contributed by atoms with Gasteiger partial charge in [-0.25, -0.2) is 0 Å². The molecule has 0 aromatic carbocycles. The van der Waals surface area contributed by atoms with Crippen molar-refractivity contribution in [2.24, 2.45) is 0 Å². The molecule has 0 aromatic rings. The van der Waals surface area contributed by atoms with Crippen LogP contribution in [0.15, 0.2) is 23.5 Å². The maximum Gasteiger partial charge on any atom is 0.155 e. The van der Waals surface area contributed by atoms with Crippen molar-refractivity contribution in [3.63, 3.8) is 0 Å². The smallest absolute Gasteiger partial charge is 0.155 e. The number of ether oxygens (including phenoxy) is 1. The summed E-state index contributed by atoms with van der Waals surface area (Å²) in [5.41, 5.74) is 0.446. The maximum absolute atomic E-state index is 11.8. The predicted octanol–water partition coefficient (Wildman–Crippen LogP) is 5.09. The first kappa shape index (κ1) is 22.1. The van der Waals surface area contributed by atoms with Gasteiger partial charge in [0.15, 0.2) is 5.78 Å². The van der Waals surface area contributed by atoms with Crippen LogP contribution in [0.1, 0.15) is 86.0 Å². The number of nitrogens with zero attached hydrogens (tertiary/aromatic N) is 1. The zero-order valence-electron chi connectivity index (χ0n) is 17.6. The molecule has 2 N–H and O–H groups in total. The molecule has 0 spiro atoms. The standard InChI is InChI=1S/C22H37NO4/c1-16(27-19-14-21(2,3)23(26)22(4,5)15-19)8-6-7-9-18(24)12-13-20(25)17-10-11-17/h12-13,16,19,25-26H,6-11,14-15H2,1-5H3/b13-12+. The molecule has 0 bridgehead atoms. The Labute approximate surface area is 164 Å². The van der Waals surface area contributed by atoms with Crippen molar-refractivity contribution in [2.75, 3.05) is 0 Å². The van der Waals surface area contributed by atoms with Crippen LogP contribution in [0, 0.1) is 0 Å². The molecular weight excluding hydrogens is 342 g/mol. The van der Waals surface area contributed by atoms with Gasteiger partial charge in [0.1, 0.15) is 5.76 Å². The molecular formula is C22H37NO4. The third-order valence-electron chi connectivity index (χ3n) is 5.60. The molecule has 1 saturated carbocycles. The van der Waals surface area contributed by atoms with Gasteiger partial charge in [-0.15, -0.1) is 0 Å². The van der Waals surface area contributed by atoms with Gasteiger partial charge in [0.25, 0.3) is 0 Å². The Kier molecular flexibility index (Phi) is 7.28. The van der Waals surface area contributed by atoms with Crippen molar-refractivity contribution in [3.8, 4) is 0 Å². The van der Waals surface area contributed by atoms with E-state index in [1.807, 2.05) is 27.7 Å². The molecule has 2 rings (SSSR count). The normalized spacial score (nSPS) is 23.6. The number of hydrogen-bond donors (Lipinski definition) is 2. The maximum atomic E-state index is 11.8. The topological polar surface area (TPSA) is 70.0 Å². The predicted molar refractivity (Wildman–Crippen MR) is 107 cm³/mol. The zero-order chi connectivity index (χ0) is 20.2. The molecule has 0 aromatic heterocycles. The first-order valence-corrected chi connectivity index (χ1v) is 10.3. The molecule has 1 atom stereocenters. The largest absolute Gasteiger partial charge is 0.508 e. The van der Waals surface area contributed by atoms with Crippen LogP contribution >= 0.6 is 0 Å². The molecule has 5 heteroatoms. The number of allylic oxidation sites excluding steroid dienone is 3. The van der Waals surface area contributed by atoms with Crippen molar-refractivity contribution < 1.29 is 19.8 Å². The van der Waals surface area contributed by atoms with Gasteiger partial charge >= 0.3 is 0 Å². The fourth-order valence-corrected chi connectivity index (χ4v) is 4.09. The van der Waals surface area contributed by atoms with E-state index in [-0.39, 0.29) is 34.8 Å². The van der Waals surface area contributed by atoms with E-state index in [9.17, 15) is 15.1 Å². The Morgan fingerprint density at radius 1 is 1.19 bits per heavy atom. The van der Waals surface area contributed by atoms with Gasteiger partial charge in [0, 0.05) is 17.5 Å². The summed E-state index contributed by atoms with van der Waals surface area (Å²) >= 11 is 0. The van der Waals surface area contributed by atoms with Gasteiger partial charge < -0.3 is 15.1 Å². The number of piperidine rings is 1. The lowest BCUT2D eigenvalue weighted by Gasteiger charge is -2.51. The van der Waals surface area contributed by atoms with Crippen LogP contribution < -0.4 is 0 Å². The lowest BCUT2D eigenvalue weighted by molar-refractivity contribution is -0.264. The number of unbranched alkanes of at least 4 members (excludes halogenated alkanes) is 1. The number of rotatable bonds is 9. The Morgan fingerprint density at radius 2 is 1.78 bits per heavy atom. The second-order valence-corrected chi connectivity index (χ2v) is 9.45. The van der Waals surface area contributed by atoms with Crippen LogP contribution in [0.5, 0.6) is 0 Å². The molecule has 5 nitrogen and oxygen atoms in total. The summed E-state index contributed by atoms with van der Waals surface area (Å²) in [5.74, 6) is 0.334. The van der Waals surface area contributed by atoms with E-state index in [0.29, 0.717) is 6.42 Å². The molecule has 154 valence electrons. The van der Waals surface area contributed by atoms with E-state index in [1.54, 1.807) is 0 Å². The SMILES string of the molecule is CC(CCCCC(=O)/C=C/C(O)=C1CC1)OC1CC(C)(C)N(O)C(C)(C)C1. The highest BCUT2D eigenvalue weighted by molar-refractivity contribution is 5.89. The Morgan fingerprint density at radius 3 is 2.33 bits per heavy atom. The third-order valence-corrected chi connectivity index (χ3v) is 5.60. The van der Waals surface area contributed by atoms with Crippen LogP contribution in [0.2, 0.25) is 0 Å².